The number of ketones is 1. The number of hydrogen-bond acceptors (Lipinski definition) is 1. The van der Waals surface area contributed by atoms with Gasteiger partial charge in [-0.1, -0.05) is 0 Å². The quantitative estimate of drug-likeness (QED) is 0.584. The fraction of sp³-hybridized carbons (Fsp3) is 0.462. The van der Waals surface area contributed by atoms with Gasteiger partial charge in [-0.25, -0.2) is 0 Å². The molecule has 94 valence electrons. The van der Waals surface area contributed by atoms with Crippen LogP contribution in [0.5, 0.6) is 0 Å². The Morgan fingerprint density at radius 1 is 0.882 bits per heavy atom. The number of carbonyl (C=O) groups is 1. The Morgan fingerprint density at radius 3 is 1.47 bits per heavy atom. The fourth-order valence-corrected chi connectivity index (χ4v) is 2.18. The van der Waals surface area contributed by atoms with Crippen LogP contribution in [0.25, 0.3) is 0 Å². The molecule has 0 saturated carbocycles. The standard InChI is InChI=1S/C13H15BrF2O/c1-6-7(2)9(4)11(10(5)8(6)3)12(17)13(14,15)16/h1-5H3. The highest BCUT2D eigenvalue weighted by Crippen LogP contribution is 2.33. The second-order valence-electron chi connectivity index (χ2n) is 4.33. The maximum Gasteiger partial charge on any atom is 0.363 e. The van der Waals surface area contributed by atoms with Crippen LogP contribution in [0, 0.1) is 34.6 Å². The van der Waals surface area contributed by atoms with E-state index < -0.39 is 10.6 Å². The van der Waals surface area contributed by atoms with Gasteiger partial charge in [0.05, 0.1) is 0 Å². The minimum absolute atomic E-state index is 0.132. The van der Waals surface area contributed by atoms with Gasteiger partial charge < -0.3 is 0 Å². The van der Waals surface area contributed by atoms with Gasteiger partial charge in [0.1, 0.15) is 0 Å². The zero-order valence-electron chi connectivity index (χ0n) is 10.5. The molecule has 17 heavy (non-hydrogen) atoms. The SMILES string of the molecule is Cc1c(C)c(C)c(C(=O)C(F)(F)Br)c(C)c1C. The molecule has 0 spiro atoms. The van der Waals surface area contributed by atoms with Crippen molar-refractivity contribution < 1.29 is 13.6 Å². The van der Waals surface area contributed by atoms with Crippen molar-refractivity contribution in [2.45, 2.75) is 39.5 Å². The molecule has 1 aromatic rings. The summed E-state index contributed by atoms with van der Waals surface area (Å²) in [4.78, 5) is 8.22. The van der Waals surface area contributed by atoms with Gasteiger partial charge in [-0.3, -0.25) is 4.79 Å². The molecule has 0 aromatic heterocycles. The summed E-state index contributed by atoms with van der Waals surface area (Å²) < 4.78 is 26.2. The first-order valence-electron chi connectivity index (χ1n) is 5.27. The van der Waals surface area contributed by atoms with Crippen LogP contribution >= 0.6 is 15.9 Å². The van der Waals surface area contributed by atoms with Crippen molar-refractivity contribution in [2.75, 3.05) is 0 Å². The highest BCUT2D eigenvalue weighted by Gasteiger charge is 2.38. The first kappa shape index (κ1) is 14.3. The van der Waals surface area contributed by atoms with Crippen LogP contribution in [0.4, 0.5) is 8.78 Å². The molecule has 0 fully saturated rings. The monoisotopic (exact) mass is 304 g/mol. The van der Waals surface area contributed by atoms with E-state index in [4.69, 9.17) is 0 Å². The van der Waals surface area contributed by atoms with Crippen molar-refractivity contribution in [1.82, 2.24) is 0 Å². The molecule has 0 unspecified atom stereocenters. The molecule has 0 N–H and O–H groups in total. The van der Waals surface area contributed by atoms with Crippen molar-refractivity contribution in [1.29, 1.82) is 0 Å². The van der Waals surface area contributed by atoms with E-state index in [9.17, 15) is 13.6 Å². The van der Waals surface area contributed by atoms with Crippen LogP contribution in [0.1, 0.15) is 38.2 Å². The van der Waals surface area contributed by atoms with E-state index in [-0.39, 0.29) is 5.56 Å². The highest BCUT2D eigenvalue weighted by molar-refractivity contribution is 9.10. The number of Topliss-reactive ketones (excluding diaryl/α,β-unsaturated/α-hetero) is 1. The molecular weight excluding hydrogens is 290 g/mol. The lowest BCUT2D eigenvalue weighted by Crippen LogP contribution is -2.24. The van der Waals surface area contributed by atoms with Gasteiger partial charge in [-0.05, 0) is 78.4 Å². The van der Waals surface area contributed by atoms with Crippen molar-refractivity contribution >= 4 is 21.7 Å². The molecule has 4 heteroatoms. The third kappa shape index (κ3) is 2.41. The van der Waals surface area contributed by atoms with Crippen molar-refractivity contribution in [3.8, 4) is 0 Å². The molecule has 0 bridgehead atoms. The average molecular weight is 305 g/mol. The minimum atomic E-state index is -3.50. The summed E-state index contributed by atoms with van der Waals surface area (Å²) in [6.45, 7) is 9.05. The lowest BCUT2D eigenvalue weighted by Gasteiger charge is -2.19. The molecular formula is C13H15BrF2O. The number of alkyl halides is 3. The zero-order valence-corrected chi connectivity index (χ0v) is 12.1. The maximum atomic E-state index is 13.1. The molecule has 0 amide bonds. The first-order chi connectivity index (χ1) is 7.59. The smallest absolute Gasteiger partial charge is 0.286 e. The van der Waals surface area contributed by atoms with Gasteiger partial charge in [0.25, 0.3) is 0 Å². The topological polar surface area (TPSA) is 17.1 Å². The summed E-state index contributed by atoms with van der Waals surface area (Å²) in [6.07, 6.45) is 0. The maximum absolute atomic E-state index is 13.1. The van der Waals surface area contributed by atoms with Crippen LogP contribution in [0.2, 0.25) is 0 Å². The second-order valence-corrected chi connectivity index (χ2v) is 5.32. The molecule has 1 rings (SSSR count). The third-order valence-electron chi connectivity index (χ3n) is 3.48. The summed E-state index contributed by atoms with van der Waals surface area (Å²) in [5, 5.41) is 0. The van der Waals surface area contributed by atoms with Gasteiger partial charge in [-0.2, -0.15) is 8.78 Å². The van der Waals surface area contributed by atoms with Crippen LogP contribution in [0.3, 0.4) is 0 Å². The largest absolute Gasteiger partial charge is 0.363 e. The normalized spacial score (nSPS) is 11.8. The van der Waals surface area contributed by atoms with E-state index in [1.165, 1.54) is 0 Å². The molecule has 0 saturated heterocycles. The molecule has 0 heterocycles. The molecule has 0 radical (unpaired) electrons. The summed E-state index contributed by atoms with van der Waals surface area (Å²) in [7, 11) is 0. The Morgan fingerprint density at radius 2 is 1.18 bits per heavy atom. The molecule has 0 aliphatic rings. The van der Waals surface area contributed by atoms with Crippen molar-refractivity contribution in [3.63, 3.8) is 0 Å². The zero-order chi connectivity index (χ0) is 13.5. The lowest BCUT2D eigenvalue weighted by molar-refractivity contribution is 0.0591. The molecule has 0 atom stereocenters. The average Bonchev–Trinajstić information content (AvgIpc) is 2.22. The third-order valence-corrected chi connectivity index (χ3v) is 3.84. The predicted octanol–water partition coefficient (Wildman–Crippen LogP) is 4.40. The van der Waals surface area contributed by atoms with Gasteiger partial charge in [0.2, 0.25) is 5.78 Å². The summed E-state index contributed by atoms with van der Waals surface area (Å²) >= 11 is 2.13. The number of halogens is 3. The predicted molar refractivity (Wildman–Crippen MR) is 68.3 cm³/mol. The molecule has 1 aromatic carbocycles. The van der Waals surface area contributed by atoms with Gasteiger partial charge >= 0.3 is 4.83 Å². The fourth-order valence-electron chi connectivity index (χ4n) is 1.98. The van der Waals surface area contributed by atoms with Gasteiger partial charge in [0.15, 0.2) is 0 Å². The van der Waals surface area contributed by atoms with E-state index >= 15 is 0 Å². The minimum Gasteiger partial charge on any atom is -0.286 e. The Bertz CT molecular complexity index is 458. The van der Waals surface area contributed by atoms with Gasteiger partial charge in [-0.15, -0.1) is 0 Å². The number of hydrogen-bond donors (Lipinski definition) is 0. The molecule has 0 aliphatic carbocycles. The first-order valence-corrected chi connectivity index (χ1v) is 6.06. The lowest BCUT2D eigenvalue weighted by atomic mass is 9.88. The molecule has 0 aliphatic heterocycles. The van der Waals surface area contributed by atoms with E-state index in [1.54, 1.807) is 13.8 Å². The summed E-state index contributed by atoms with van der Waals surface area (Å²) in [5.41, 5.74) is 4.24. The molecule has 1 nitrogen and oxygen atoms in total. The van der Waals surface area contributed by atoms with Gasteiger partial charge in [0, 0.05) is 5.56 Å². The Labute approximate surface area is 108 Å². The van der Waals surface area contributed by atoms with Crippen LogP contribution in [-0.4, -0.2) is 10.6 Å². The Balaban J connectivity index is 3.62. The van der Waals surface area contributed by atoms with E-state index in [2.05, 4.69) is 15.9 Å². The Kier molecular flexibility index (Phi) is 3.77. The number of rotatable bonds is 2. The number of benzene rings is 1. The van der Waals surface area contributed by atoms with Crippen molar-refractivity contribution in [3.05, 3.63) is 33.4 Å². The highest BCUT2D eigenvalue weighted by atomic mass is 79.9. The van der Waals surface area contributed by atoms with Crippen LogP contribution in [-0.2, 0) is 0 Å². The van der Waals surface area contributed by atoms with Crippen LogP contribution < -0.4 is 0 Å². The summed E-state index contributed by atoms with van der Waals surface area (Å²) in [6, 6.07) is 0. The van der Waals surface area contributed by atoms with Crippen LogP contribution in [0.15, 0.2) is 0 Å². The Hall–Kier alpha value is -0.770. The van der Waals surface area contributed by atoms with Crippen molar-refractivity contribution in [2.24, 2.45) is 0 Å². The summed E-state index contributed by atoms with van der Waals surface area (Å²) in [5.74, 6) is -1.17. The second kappa shape index (κ2) is 4.48. The van der Waals surface area contributed by atoms with E-state index in [0.29, 0.717) is 11.1 Å². The van der Waals surface area contributed by atoms with E-state index in [0.717, 1.165) is 16.7 Å². The number of carbonyl (C=O) groups excluding carboxylic acids is 1. The van der Waals surface area contributed by atoms with E-state index in [1.807, 2.05) is 20.8 Å².